The van der Waals surface area contributed by atoms with Crippen LogP contribution in [0.3, 0.4) is 0 Å². The first-order chi connectivity index (χ1) is 9.52. The lowest BCUT2D eigenvalue weighted by Crippen LogP contribution is -2.42. The van der Waals surface area contributed by atoms with Crippen molar-refractivity contribution in [2.45, 2.75) is 18.9 Å². The van der Waals surface area contributed by atoms with E-state index in [1.165, 1.54) is 0 Å². The van der Waals surface area contributed by atoms with Crippen LogP contribution in [-0.2, 0) is 0 Å². The number of benzene rings is 1. The number of hydrogen-bond donors (Lipinski definition) is 2. The molecule has 110 valence electrons. The van der Waals surface area contributed by atoms with Crippen molar-refractivity contribution in [3.8, 4) is 0 Å². The summed E-state index contributed by atoms with van der Waals surface area (Å²) in [5.74, 6) is -0.0746. The molecule has 2 rings (SSSR count). The Hall–Kier alpha value is -1.75. The predicted octanol–water partition coefficient (Wildman–Crippen LogP) is 1.16. The number of carbonyl (C=O) groups excluding carboxylic acids is 1. The number of rotatable bonds is 3. The van der Waals surface area contributed by atoms with E-state index in [9.17, 15) is 4.79 Å². The van der Waals surface area contributed by atoms with Crippen LogP contribution < -0.4 is 16.0 Å². The van der Waals surface area contributed by atoms with Gasteiger partial charge in [-0.1, -0.05) is 0 Å². The summed E-state index contributed by atoms with van der Waals surface area (Å²) < 4.78 is 0. The van der Waals surface area contributed by atoms with E-state index < -0.39 is 0 Å². The molecule has 1 heterocycles. The fourth-order valence-electron chi connectivity index (χ4n) is 2.73. The maximum Gasteiger partial charge on any atom is 0.251 e. The van der Waals surface area contributed by atoms with Crippen LogP contribution in [0.25, 0.3) is 0 Å². The molecule has 0 bridgehead atoms. The molecule has 3 N–H and O–H groups in total. The molecular weight excluding hydrogens is 252 g/mol. The SMILES string of the molecule is CNC(=O)c1ccc(N)c(N2CCC(N(C)C)CC2)c1. The van der Waals surface area contributed by atoms with Gasteiger partial charge in [0.05, 0.1) is 11.4 Å². The molecule has 1 saturated heterocycles. The van der Waals surface area contributed by atoms with Gasteiger partial charge in [-0.15, -0.1) is 0 Å². The van der Waals surface area contributed by atoms with Crippen LogP contribution in [0, 0.1) is 0 Å². The normalized spacial score (nSPS) is 16.5. The van der Waals surface area contributed by atoms with Gasteiger partial charge in [0.1, 0.15) is 0 Å². The van der Waals surface area contributed by atoms with Gasteiger partial charge >= 0.3 is 0 Å². The summed E-state index contributed by atoms with van der Waals surface area (Å²) in [6, 6.07) is 6.11. The minimum atomic E-state index is -0.0746. The lowest BCUT2D eigenvalue weighted by Gasteiger charge is -2.37. The lowest BCUT2D eigenvalue weighted by molar-refractivity contribution is 0.0963. The molecule has 1 aromatic rings. The average molecular weight is 276 g/mol. The molecule has 0 atom stereocenters. The summed E-state index contributed by atoms with van der Waals surface area (Å²) in [5.41, 5.74) is 8.44. The van der Waals surface area contributed by atoms with Crippen LogP contribution in [0.4, 0.5) is 11.4 Å². The van der Waals surface area contributed by atoms with Crippen molar-refractivity contribution in [1.29, 1.82) is 0 Å². The number of nitrogens with one attached hydrogen (secondary N) is 1. The highest BCUT2D eigenvalue weighted by Crippen LogP contribution is 2.28. The van der Waals surface area contributed by atoms with E-state index in [4.69, 9.17) is 5.73 Å². The number of amides is 1. The topological polar surface area (TPSA) is 61.6 Å². The zero-order valence-electron chi connectivity index (χ0n) is 12.5. The van der Waals surface area contributed by atoms with Gasteiger partial charge in [-0.2, -0.15) is 0 Å². The minimum Gasteiger partial charge on any atom is -0.397 e. The van der Waals surface area contributed by atoms with Crippen molar-refractivity contribution in [2.24, 2.45) is 0 Å². The highest BCUT2D eigenvalue weighted by molar-refractivity contribution is 5.96. The van der Waals surface area contributed by atoms with E-state index in [0.29, 0.717) is 11.6 Å². The number of carbonyl (C=O) groups is 1. The van der Waals surface area contributed by atoms with Gasteiger partial charge in [-0.05, 0) is 45.1 Å². The van der Waals surface area contributed by atoms with E-state index in [2.05, 4.69) is 29.2 Å². The number of nitrogen functional groups attached to an aromatic ring is 1. The van der Waals surface area contributed by atoms with Crippen molar-refractivity contribution >= 4 is 17.3 Å². The highest BCUT2D eigenvalue weighted by Gasteiger charge is 2.22. The molecule has 0 saturated carbocycles. The van der Waals surface area contributed by atoms with Crippen molar-refractivity contribution < 1.29 is 4.79 Å². The number of nitrogens with zero attached hydrogens (tertiary/aromatic N) is 2. The molecule has 0 aliphatic carbocycles. The van der Waals surface area contributed by atoms with Crippen LogP contribution >= 0.6 is 0 Å². The second-order valence-corrected chi connectivity index (χ2v) is 5.53. The largest absolute Gasteiger partial charge is 0.397 e. The fraction of sp³-hybridized carbons (Fsp3) is 0.533. The van der Waals surface area contributed by atoms with E-state index in [0.717, 1.165) is 37.3 Å². The zero-order chi connectivity index (χ0) is 14.7. The van der Waals surface area contributed by atoms with Gasteiger partial charge < -0.3 is 20.9 Å². The van der Waals surface area contributed by atoms with Crippen molar-refractivity contribution in [3.05, 3.63) is 23.8 Å². The van der Waals surface area contributed by atoms with Crippen molar-refractivity contribution in [3.63, 3.8) is 0 Å². The smallest absolute Gasteiger partial charge is 0.251 e. The van der Waals surface area contributed by atoms with E-state index in [-0.39, 0.29) is 5.91 Å². The molecular formula is C15H24N4O. The Kier molecular flexibility index (Phi) is 4.49. The average Bonchev–Trinajstić information content (AvgIpc) is 2.47. The van der Waals surface area contributed by atoms with Crippen LogP contribution in [-0.4, -0.2) is 51.1 Å². The maximum absolute atomic E-state index is 11.7. The first-order valence-electron chi connectivity index (χ1n) is 7.06. The summed E-state index contributed by atoms with van der Waals surface area (Å²) in [4.78, 5) is 16.3. The van der Waals surface area contributed by atoms with Gasteiger partial charge in [-0.25, -0.2) is 0 Å². The third-order valence-electron chi connectivity index (χ3n) is 4.06. The Labute approximate surface area is 120 Å². The molecule has 1 aliphatic heterocycles. The molecule has 1 amide bonds. The van der Waals surface area contributed by atoms with Gasteiger partial charge in [0, 0.05) is 31.7 Å². The molecule has 5 heteroatoms. The van der Waals surface area contributed by atoms with E-state index >= 15 is 0 Å². The summed E-state index contributed by atoms with van der Waals surface area (Å²) in [7, 11) is 5.89. The summed E-state index contributed by atoms with van der Waals surface area (Å²) in [6.07, 6.45) is 2.24. The standard InChI is InChI=1S/C15H24N4O/c1-17-15(20)11-4-5-13(16)14(10-11)19-8-6-12(7-9-19)18(2)3/h4-5,10,12H,6-9,16H2,1-3H3,(H,17,20). The summed E-state index contributed by atoms with van der Waals surface area (Å²) >= 11 is 0. The number of anilines is 2. The highest BCUT2D eigenvalue weighted by atomic mass is 16.1. The number of piperidine rings is 1. The van der Waals surface area contributed by atoms with Gasteiger partial charge in [0.25, 0.3) is 5.91 Å². The van der Waals surface area contributed by atoms with Crippen LogP contribution in [0.5, 0.6) is 0 Å². The van der Waals surface area contributed by atoms with E-state index in [1.807, 2.05) is 12.1 Å². The lowest BCUT2D eigenvalue weighted by atomic mass is 10.0. The Morgan fingerprint density at radius 2 is 2.00 bits per heavy atom. The number of nitrogens with two attached hydrogens (primary N) is 1. The second-order valence-electron chi connectivity index (χ2n) is 5.53. The Morgan fingerprint density at radius 1 is 1.35 bits per heavy atom. The molecule has 1 fully saturated rings. The number of hydrogen-bond acceptors (Lipinski definition) is 4. The first kappa shape index (κ1) is 14.7. The fourth-order valence-corrected chi connectivity index (χ4v) is 2.73. The summed E-state index contributed by atoms with van der Waals surface area (Å²) in [6.45, 7) is 1.95. The van der Waals surface area contributed by atoms with Crippen molar-refractivity contribution in [1.82, 2.24) is 10.2 Å². The Morgan fingerprint density at radius 3 is 2.55 bits per heavy atom. The molecule has 0 aromatic heterocycles. The maximum atomic E-state index is 11.7. The quantitative estimate of drug-likeness (QED) is 0.813. The molecule has 0 radical (unpaired) electrons. The van der Waals surface area contributed by atoms with E-state index in [1.54, 1.807) is 13.1 Å². The molecule has 1 aliphatic rings. The van der Waals surface area contributed by atoms with Gasteiger partial charge in [-0.3, -0.25) is 4.79 Å². The zero-order valence-corrected chi connectivity index (χ0v) is 12.5. The minimum absolute atomic E-state index is 0.0746. The van der Waals surface area contributed by atoms with Gasteiger partial charge in [0.15, 0.2) is 0 Å². The molecule has 1 aromatic carbocycles. The van der Waals surface area contributed by atoms with Crippen LogP contribution in [0.15, 0.2) is 18.2 Å². The molecule has 0 unspecified atom stereocenters. The third kappa shape index (κ3) is 3.04. The van der Waals surface area contributed by atoms with Crippen LogP contribution in [0.2, 0.25) is 0 Å². The Bertz CT molecular complexity index is 479. The second kappa shape index (κ2) is 6.13. The molecule has 20 heavy (non-hydrogen) atoms. The third-order valence-corrected chi connectivity index (χ3v) is 4.06. The van der Waals surface area contributed by atoms with Gasteiger partial charge in [0.2, 0.25) is 0 Å². The van der Waals surface area contributed by atoms with Crippen LogP contribution in [0.1, 0.15) is 23.2 Å². The first-order valence-corrected chi connectivity index (χ1v) is 7.06. The predicted molar refractivity (Wildman–Crippen MR) is 83.2 cm³/mol. The van der Waals surface area contributed by atoms with Crippen molar-refractivity contribution in [2.75, 3.05) is 44.9 Å². The molecule has 0 spiro atoms. The Balaban J connectivity index is 2.15. The summed E-state index contributed by atoms with van der Waals surface area (Å²) in [5, 5.41) is 2.65. The monoisotopic (exact) mass is 276 g/mol. The molecule has 5 nitrogen and oxygen atoms in total.